The van der Waals surface area contributed by atoms with Crippen molar-refractivity contribution < 1.29 is 17.9 Å². The van der Waals surface area contributed by atoms with Crippen molar-refractivity contribution in [3.63, 3.8) is 0 Å². The van der Waals surface area contributed by atoms with E-state index in [1.807, 2.05) is 0 Å². The Hall–Kier alpha value is -1.48. The molecule has 172 valence electrons. The first kappa shape index (κ1) is 25.1. The van der Waals surface area contributed by atoms with E-state index in [1.165, 1.54) is 11.4 Å². The lowest BCUT2D eigenvalue weighted by Gasteiger charge is -2.33. The quantitative estimate of drug-likeness (QED) is 0.468. The van der Waals surface area contributed by atoms with Gasteiger partial charge in [0.25, 0.3) is 0 Å². The van der Waals surface area contributed by atoms with E-state index in [4.69, 9.17) is 46.4 Å². The second-order valence-electron chi connectivity index (χ2n) is 7.13. The van der Waals surface area contributed by atoms with E-state index in [0.29, 0.717) is 44.1 Å². The zero-order valence-electron chi connectivity index (χ0n) is 16.9. The number of esters is 1. The number of ether oxygens (including phenoxy) is 1. The van der Waals surface area contributed by atoms with Crippen LogP contribution in [0.2, 0.25) is 20.1 Å². The van der Waals surface area contributed by atoms with Gasteiger partial charge in [-0.1, -0.05) is 58.5 Å². The summed E-state index contributed by atoms with van der Waals surface area (Å²) in [5.74, 6) is -0.407. The van der Waals surface area contributed by atoms with E-state index < -0.39 is 22.2 Å². The fourth-order valence-corrected chi connectivity index (χ4v) is 5.67. The van der Waals surface area contributed by atoms with Crippen LogP contribution in [0, 0.1) is 0 Å². The molecule has 1 unspecified atom stereocenters. The van der Waals surface area contributed by atoms with Gasteiger partial charge in [-0.15, -0.1) is 0 Å². The number of hydrogen-bond donors (Lipinski definition) is 1. The third-order valence-corrected chi connectivity index (χ3v) is 7.51. The van der Waals surface area contributed by atoms with Crippen LogP contribution in [-0.4, -0.2) is 32.3 Å². The molecule has 2 aromatic rings. The minimum atomic E-state index is -3.89. The maximum atomic E-state index is 12.9. The molecule has 1 atom stereocenters. The van der Waals surface area contributed by atoms with Crippen molar-refractivity contribution in [2.45, 2.75) is 25.3 Å². The fraction of sp³-hybridized carbons (Fsp3) is 0.286. The predicted octanol–water partition coefficient (Wildman–Crippen LogP) is 5.57. The number of nitrogens with one attached hydrogen (secondary N) is 1. The molecule has 1 N–H and O–H groups in total. The Morgan fingerprint density at radius 3 is 2.34 bits per heavy atom. The summed E-state index contributed by atoms with van der Waals surface area (Å²) in [5.41, 5.74) is 2.05. The van der Waals surface area contributed by atoms with Gasteiger partial charge in [-0.05, 0) is 53.8 Å². The van der Waals surface area contributed by atoms with Crippen LogP contribution in [0.1, 0.15) is 30.0 Å². The van der Waals surface area contributed by atoms with Crippen LogP contribution in [0.15, 0.2) is 48.2 Å². The van der Waals surface area contributed by atoms with Gasteiger partial charge in [0, 0.05) is 39.3 Å². The molecule has 1 heterocycles. The highest BCUT2D eigenvalue weighted by Crippen LogP contribution is 2.36. The molecule has 1 aliphatic rings. The Bertz CT molecular complexity index is 1150. The van der Waals surface area contributed by atoms with Gasteiger partial charge in [0.15, 0.2) is 0 Å². The summed E-state index contributed by atoms with van der Waals surface area (Å²) in [6.45, 7) is 0.101. The maximum absolute atomic E-state index is 12.9. The van der Waals surface area contributed by atoms with E-state index in [2.05, 4.69) is 9.46 Å². The molecule has 3 rings (SSSR count). The number of carbonyl (C=O) groups is 1. The standard InChI is InChI=1S/C21H20Cl4N2O4S/c1-31-20(28)3-2-8-27-12-14(9-13-4-5-15(22)10-18(13)24)21(26-32(27,29)30)17-7-6-16(23)11-19(17)25/h4-7,10-12,21,26H,2-3,8-9H2,1H3. The van der Waals surface area contributed by atoms with Gasteiger partial charge in [0.05, 0.1) is 13.2 Å². The summed E-state index contributed by atoms with van der Waals surface area (Å²) in [6, 6.07) is 9.29. The Kier molecular flexibility index (Phi) is 8.36. The van der Waals surface area contributed by atoms with Crippen LogP contribution in [0.5, 0.6) is 0 Å². The summed E-state index contributed by atoms with van der Waals surface area (Å²) in [6.07, 6.45) is 2.30. The van der Waals surface area contributed by atoms with Crippen LogP contribution in [-0.2, 0) is 26.2 Å². The number of nitrogens with zero attached hydrogens (tertiary/aromatic N) is 1. The molecule has 0 bridgehead atoms. The lowest BCUT2D eigenvalue weighted by molar-refractivity contribution is -0.140. The van der Waals surface area contributed by atoms with Crippen molar-refractivity contribution >= 4 is 62.6 Å². The topological polar surface area (TPSA) is 75.7 Å². The number of carbonyl (C=O) groups excluding carboxylic acids is 1. The summed E-state index contributed by atoms with van der Waals surface area (Å²) in [5, 5.41) is 1.73. The molecule has 1 aliphatic heterocycles. The second-order valence-corrected chi connectivity index (χ2v) is 10.5. The molecule has 32 heavy (non-hydrogen) atoms. The number of hydrogen-bond acceptors (Lipinski definition) is 4. The van der Waals surface area contributed by atoms with Crippen molar-refractivity contribution in [2.24, 2.45) is 0 Å². The molecule has 0 aliphatic carbocycles. The number of halogens is 4. The van der Waals surface area contributed by atoms with E-state index >= 15 is 0 Å². The molecule has 0 saturated carbocycles. The zero-order chi connectivity index (χ0) is 23.5. The number of benzene rings is 2. The largest absolute Gasteiger partial charge is 0.469 e. The van der Waals surface area contributed by atoms with Gasteiger partial charge in [-0.25, -0.2) is 0 Å². The van der Waals surface area contributed by atoms with Gasteiger partial charge >= 0.3 is 16.2 Å². The Morgan fingerprint density at radius 1 is 1.06 bits per heavy atom. The minimum absolute atomic E-state index is 0.0984. The Balaban J connectivity index is 1.99. The molecule has 0 saturated heterocycles. The maximum Gasteiger partial charge on any atom is 0.305 e. The van der Waals surface area contributed by atoms with E-state index in [-0.39, 0.29) is 13.0 Å². The lowest BCUT2D eigenvalue weighted by Crippen LogP contribution is -2.45. The molecule has 2 aromatic carbocycles. The fourth-order valence-electron chi connectivity index (χ4n) is 3.32. The molecular formula is C21H20Cl4N2O4S. The molecule has 0 amide bonds. The first-order valence-electron chi connectivity index (χ1n) is 9.56. The first-order valence-corrected chi connectivity index (χ1v) is 12.5. The van der Waals surface area contributed by atoms with Gasteiger partial charge in [0.1, 0.15) is 0 Å². The third kappa shape index (κ3) is 6.10. The van der Waals surface area contributed by atoms with E-state index in [9.17, 15) is 13.2 Å². The lowest BCUT2D eigenvalue weighted by atomic mass is 9.94. The summed E-state index contributed by atoms with van der Waals surface area (Å²) < 4.78 is 34.4. The Labute approximate surface area is 207 Å². The zero-order valence-corrected chi connectivity index (χ0v) is 20.8. The highest BCUT2D eigenvalue weighted by Gasteiger charge is 2.33. The van der Waals surface area contributed by atoms with Crippen LogP contribution >= 0.6 is 46.4 Å². The van der Waals surface area contributed by atoms with Crippen molar-refractivity contribution in [1.82, 2.24) is 9.03 Å². The average Bonchev–Trinajstić information content (AvgIpc) is 2.72. The van der Waals surface area contributed by atoms with Crippen molar-refractivity contribution in [3.05, 3.63) is 79.4 Å². The van der Waals surface area contributed by atoms with Crippen molar-refractivity contribution in [3.8, 4) is 0 Å². The van der Waals surface area contributed by atoms with Crippen LogP contribution in [0.25, 0.3) is 0 Å². The summed E-state index contributed by atoms with van der Waals surface area (Å²) in [7, 11) is -2.60. The SMILES string of the molecule is COC(=O)CCCN1C=C(Cc2ccc(Cl)cc2Cl)C(c2ccc(Cl)cc2Cl)NS1(=O)=O. The molecular weight excluding hydrogens is 518 g/mol. The highest BCUT2D eigenvalue weighted by atomic mass is 35.5. The Morgan fingerprint density at radius 2 is 1.72 bits per heavy atom. The van der Waals surface area contributed by atoms with Crippen LogP contribution in [0.3, 0.4) is 0 Å². The van der Waals surface area contributed by atoms with Gasteiger partial charge in [0.2, 0.25) is 0 Å². The van der Waals surface area contributed by atoms with Crippen molar-refractivity contribution in [2.75, 3.05) is 13.7 Å². The van der Waals surface area contributed by atoms with E-state index in [1.54, 1.807) is 42.6 Å². The summed E-state index contributed by atoms with van der Waals surface area (Å²) >= 11 is 24.8. The third-order valence-electron chi connectivity index (χ3n) is 4.93. The number of methoxy groups -OCH3 is 1. The van der Waals surface area contributed by atoms with Crippen LogP contribution < -0.4 is 4.72 Å². The van der Waals surface area contributed by atoms with Crippen LogP contribution in [0.4, 0.5) is 0 Å². The predicted molar refractivity (Wildman–Crippen MR) is 127 cm³/mol. The second kappa shape index (κ2) is 10.6. The smallest absolute Gasteiger partial charge is 0.305 e. The highest BCUT2D eigenvalue weighted by molar-refractivity contribution is 7.87. The molecule has 0 spiro atoms. The van der Waals surface area contributed by atoms with Gasteiger partial charge in [-0.3, -0.25) is 9.10 Å². The molecule has 6 nitrogen and oxygen atoms in total. The van der Waals surface area contributed by atoms with Gasteiger partial charge < -0.3 is 4.74 Å². The normalized spacial score (nSPS) is 17.7. The molecule has 0 fully saturated rings. The first-order chi connectivity index (χ1) is 15.1. The monoisotopic (exact) mass is 536 g/mol. The minimum Gasteiger partial charge on any atom is -0.469 e. The molecule has 0 aromatic heterocycles. The number of rotatable bonds is 7. The summed E-state index contributed by atoms with van der Waals surface area (Å²) in [4.78, 5) is 11.4. The van der Waals surface area contributed by atoms with E-state index in [0.717, 1.165) is 5.56 Å². The average molecular weight is 538 g/mol. The van der Waals surface area contributed by atoms with Crippen molar-refractivity contribution in [1.29, 1.82) is 0 Å². The molecule has 11 heteroatoms. The molecule has 0 radical (unpaired) electrons. The van der Waals surface area contributed by atoms with Gasteiger partial charge in [-0.2, -0.15) is 13.1 Å².